The van der Waals surface area contributed by atoms with Crippen molar-refractivity contribution in [2.75, 3.05) is 17.7 Å². The van der Waals surface area contributed by atoms with Crippen LogP contribution in [0.25, 0.3) is 10.2 Å². The molecule has 0 aliphatic rings. The van der Waals surface area contributed by atoms with Crippen LogP contribution in [0.4, 0.5) is 5.69 Å². The molecule has 1 aromatic heterocycles. The molecule has 1 heterocycles. The molecule has 4 rings (SSSR count). The van der Waals surface area contributed by atoms with Crippen LogP contribution in [0.5, 0.6) is 5.75 Å². The van der Waals surface area contributed by atoms with E-state index in [9.17, 15) is 9.59 Å². The van der Waals surface area contributed by atoms with Gasteiger partial charge >= 0.3 is 0 Å². The molecular weight excluding hydrogens is 428 g/mol. The minimum Gasteiger partial charge on any atom is -0.494 e. The summed E-state index contributed by atoms with van der Waals surface area (Å²) in [7, 11) is 0. The van der Waals surface area contributed by atoms with Crippen molar-refractivity contribution in [2.45, 2.75) is 11.3 Å². The molecule has 3 aromatic carbocycles. The Morgan fingerprint density at radius 3 is 2.48 bits per heavy atom. The van der Waals surface area contributed by atoms with Gasteiger partial charge in [0.25, 0.3) is 0 Å². The molecule has 1 amide bonds. The number of aromatic nitrogens is 1. The second-order valence-corrected chi connectivity index (χ2v) is 8.90. The summed E-state index contributed by atoms with van der Waals surface area (Å²) in [5, 5.41) is 2.86. The maximum Gasteiger partial charge on any atom is 0.234 e. The summed E-state index contributed by atoms with van der Waals surface area (Å²) in [6.45, 7) is 2.57. The number of hydrogen-bond donors (Lipinski definition) is 1. The van der Waals surface area contributed by atoms with Crippen molar-refractivity contribution in [2.24, 2.45) is 0 Å². The summed E-state index contributed by atoms with van der Waals surface area (Å²) in [4.78, 5) is 29.4. The van der Waals surface area contributed by atoms with Crippen molar-refractivity contribution in [1.29, 1.82) is 0 Å². The maximum absolute atomic E-state index is 12.5. The first-order valence-electron chi connectivity index (χ1n) is 9.78. The van der Waals surface area contributed by atoms with Gasteiger partial charge in [-0.05, 0) is 49.4 Å². The maximum atomic E-state index is 12.5. The average Bonchev–Trinajstić information content (AvgIpc) is 3.21. The Morgan fingerprint density at radius 2 is 1.74 bits per heavy atom. The predicted molar refractivity (Wildman–Crippen MR) is 126 cm³/mol. The van der Waals surface area contributed by atoms with E-state index in [1.54, 1.807) is 47.7 Å². The highest BCUT2D eigenvalue weighted by molar-refractivity contribution is 8.01. The van der Waals surface area contributed by atoms with Crippen LogP contribution in [0, 0.1) is 0 Å². The lowest BCUT2D eigenvalue weighted by molar-refractivity contribution is -0.113. The van der Waals surface area contributed by atoms with E-state index in [4.69, 9.17) is 4.74 Å². The van der Waals surface area contributed by atoms with Crippen LogP contribution in [-0.2, 0) is 4.79 Å². The zero-order valence-corrected chi connectivity index (χ0v) is 18.5. The van der Waals surface area contributed by atoms with Gasteiger partial charge in [-0.25, -0.2) is 4.98 Å². The van der Waals surface area contributed by atoms with E-state index >= 15 is 0 Å². The van der Waals surface area contributed by atoms with Crippen molar-refractivity contribution < 1.29 is 14.3 Å². The SMILES string of the molecule is CCOc1ccc2nc(SCC(=O)Nc3ccc(C(=O)c4ccccc4)cc3)sc2c1. The number of benzene rings is 3. The number of hydrogen-bond acceptors (Lipinski definition) is 6. The lowest BCUT2D eigenvalue weighted by atomic mass is 10.0. The third kappa shape index (κ3) is 5.31. The fraction of sp³-hybridized carbons (Fsp3) is 0.125. The minimum absolute atomic E-state index is 0.0441. The molecule has 0 radical (unpaired) electrons. The van der Waals surface area contributed by atoms with Crippen LogP contribution >= 0.6 is 23.1 Å². The second-order valence-electron chi connectivity index (χ2n) is 6.65. The number of thioether (sulfide) groups is 1. The molecule has 1 N–H and O–H groups in total. The topological polar surface area (TPSA) is 68.3 Å². The Hall–Kier alpha value is -3.16. The Kier molecular flexibility index (Phi) is 6.64. The fourth-order valence-corrected chi connectivity index (χ4v) is 4.88. The van der Waals surface area contributed by atoms with E-state index in [0.29, 0.717) is 23.4 Å². The van der Waals surface area contributed by atoms with Crippen LogP contribution in [0.15, 0.2) is 77.1 Å². The number of nitrogens with one attached hydrogen (secondary N) is 1. The minimum atomic E-state index is -0.124. The van der Waals surface area contributed by atoms with Gasteiger partial charge < -0.3 is 10.1 Å². The summed E-state index contributed by atoms with van der Waals surface area (Å²) in [6.07, 6.45) is 0. The van der Waals surface area contributed by atoms with Crippen molar-refractivity contribution in [3.63, 3.8) is 0 Å². The molecule has 7 heteroatoms. The first-order chi connectivity index (χ1) is 15.1. The van der Waals surface area contributed by atoms with Gasteiger partial charge in [0.15, 0.2) is 10.1 Å². The first kappa shape index (κ1) is 21.1. The van der Waals surface area contributed by atoms with Crippen molar-refractivity contribution in [3.8, 4) is 5.75 Å². The molecule has 0 aliphatic heterocycles. The quantitative estimate of drug-likeness (QED) is 0.278. The standard InChI is InChI=1S/C24H20N2O3S2/c1-2-29-19-12-13-20-21(14-19)31-24(26-20)30-15-22(27)25-18-10-8-17(9-11-18)23(28)16-6-4-3-5-7-16/h3-14H,2,15H2,1H3,(H,25,27). The zero-order valence-electron chi connectivity index (χ0n) is 16.8. The Bertz CT molecular complexity index is 1200. The lowest BCUT2D eigenvalue weighted by Gasteiger charge is -2.06. The Labute approximate surface area is 188 Å². The number of rotatable bonds is 8. The highest BCUT2D eigenvalue weighted by atomic mass is 32.2. The van der Waals surface area contributed by atoms with Crippen LogP contribution < -0.4 is 10.1 Å². The second kappa shape index (κ2) is 9.76. The van der Waals surface area contributed by atoms with Crippen LogP contribution in [-0.4, -0.2) is 29.0 Å². The lowest BCUT2D eigenvalue weighted by Crippen LogP contribution is -2.14. The van der Waals surface area contributed by atoms with E-state index in [1.807, 2.05) is 43.3 Å². The van der Waals surface area contributed by atoms with Crippen molar-refractivity contribution in [1.82, 2.24) is 4.98 Å². The smallest absolute Gasteiger partial charge is 0.234 e. The largest absolute Gasteiger partial charge is 0.494 e. The molecule has 0 bridgehead atoms. The Balaban J connectivity index is 1.33. The first-order valence-corrected chi connectivity index (χ1v) is 11.6. The third-order valence-corrected chi connectivity index (χ3v) is 6.61. The summed E-state index contributed by atoms with van der Waals surface area (Å²) < 4.78 is 7.39. The third-order valence-electron chi connectivity index (χ3n) is 4.44. The van der Waals surface area contributed by atoms with Gasteiger partial charge in [-0.2, -0.15) is 0 Å². The van der Waals surface area contributed by atoms with E-state index < -0.39 is 0 Å². The van der Waals surface area contributed by atoms with Gasteiger partial charge in [0.2, 0.25) is 5.91 Å². The number of carbonyl (C=O) groups excluding carboxylic acids is 2. The van der Waals surface area contributed by atoms with E-state index in [-0.39, 0.29) is 17.4 Å². The van der Waals surface area contributed by atoms with E-state index in [2.05, 4.69) is 10.3 Å². The number of thiazole rings is 1. The van der Waals surface area contributed by atoms with Gasteiger partial charge in [-0.1, -0.05) is 42.1 Å². The number of ketones is 1. The summed E-state index contributed by atoms with van der Waals surface area (Å²) >= 11 is 2.94. The molecule has 0 unspecified atom stereocenters. The van der Waals surface area contributed by atoms with E-state index in [0.717, 1.165) is 20.3 Å². The molecule has 156 valence electrons. The van der Waals surface area contributed by atoms with Gasteiger partial charge in [0, 0.05) is 16.8 Å². The molecule has 0 saturated heterocycles. The molecule has 31 heavy (non-hydrogen) atoms. The summed E-state index contributed by atoms with van der Waals surface area (Å²) in [5.74, 6) is 0.906. The van der Waals surface area contributed by atoms with Crippen LogP contribution in [0.2, 0.25) is 0 Å². The molecule has 0 atom stereocenters. The number of amides is 1. The molecule has 0 saturated carbocycles. The highest BCUT2D eigenvalue weighted by Crippen LogP contribution is 2.32. The molecule has 4 aromatic rings. The van der Waals surface area contributed by atoms with Crippen molar-refractivity contribution >= 4 is 50.7 Å². The van der Waals surface area contributed by atoms with Gasteiger partial charge in [-0.15, -0.1) is 11.3 Å². The highest BCUT2D eigenvalue weighted by Gasteiger charge is 2.11. The molecule has 0 spiro atoms. The molecule has 5 nitrogen and oxygen atoms in total. The predicted octanol–water partition coefficient (Wildman–Crippen LogP) is 5.66. The number of ether oxygens (including phenoxy) is 1. The van der Waals surface area contributed by atoms with Crippen LogP contribution in [0.1, 0.15) is 22.8 Å². The molecule has 0 aliphatic carbocycles. The Morgan fingerprint density at radius 1 is 1.00 bits per heavy atom. The van der Waals surface area contributed by atoms with E-state index in [1.165, 1.54) is 11.8 Å². The fourth-order valence-electron chi connectivity index (χ4n) is 2.99. The van der Waals surface area contributed by atoms with Gasteiger partial charge in [-0.3, -0.25) is 9.59 Å². The molecular formula is C24H20N2O3S2. The summed E-state index contributed by atoms with van der Waals surface area (Å²) in [6, 6.07) is 21.9. The average molecular weight is 449 g/mol. The summed E-state index contributed by atoms with van der Waals surface area (Å²) in [5.41, 5.74) is 2.77. The van der Waals surface area contributed by atoms with Crippen LogP contribution in [0.3, 0.4) is 0 Å². The zero-order chi connectivity index (χ0) is 21.6. The van der Waals surface area contributed by atoms with Gasteiger partial charge in [0.1, 0.15) is 5.75 Å². The van der Waals surface area contributed by atoms with Gasteiger partial charge in [0.05, 0.1) is 22.6 Å². The number of fused-ring (bicyclic) bond motifs is 1. The van der Waals surface area contributed by atoms with Crippen molar-refractivity contribution in [3.05, 3.63) is 83.9 Å². The molecule has 0 fully saturated rings. The number of anilines is 1. The monoisotopic (exact) mass is 448 g/mol. The number of nitrogens with zero attached hydrogens (tertiary/aromatic N) is 1. The normalized spacial score (nSPS) is 10.7. The number of carbonyl (C=O) groups is 2.